The van der Waals surface area contributed by atoms with E-state index in [0.717, 1.165) is 11.3 Å². The quantitative estimate of drug-likeness (QED) is 0.817. The fourth-order valence-electron chi connectivity index (χ4n) is 2.75. The van der Waals surface area contributed by atoms with Crippen LogP contribution in [0.2, 0.25) is 0 Å². The van der Waals surface area contributed by atoms with Crippen LogP contribution in [0.5, 0.6) is 0 Å². The molecule has 0 atom stereocenters. The summed E-state index contributed by atoms with van der Waals surface area (Å²) in [7, 11) is -3.52. The fraction of sp³-hybridized carbons (Fsp3) is 0.353. The highest BCUT2D eigenvalue weighted by atomic mass is 32.2. The lowest BCUT2D eigenvalue weighted by atomic mass is 10.2. The van der Waals surface area contributed by atoms with E-state index in [2.05, 4.69) is 0 Å². The molecule has 1 aliphatic rings. The van der Waals surface area contributed by atoms with Crippen molar-refractivity contribution in [1.29, 1.82) is 0 Å². The number of nitrogens with zero attached hydrogens (tertiary/aromatic N) is 2. The minimum absolute atomic E-state index is 0.239. The molecule has 3 rings (SSSR count). The molecule has 2 aromatic rings. The monoisotopic (exact) mass is 382 g/mol. The molecule has 1 aromatic heterocycles. The number of carbonyl (C=O) groups is 1. The summed E-state index contributed by atoms with van der Waals surface area (Å²) in [5.41, 5.74) is 0.280. The van der Waals surface area contributed by atoms with Gasteiger partial charge in [-0.15, -0.1) is 11.3 Å². The highest BCUT2D eigenvalue weighted by Crippen LogP contribution is 2.26. The van der Waals surface area contributed by atoms with E-state index < -0.39 is 15.8 Å². The standard InChI is InChI=1S/C17H19FN2O3S2/c1-2-15-6-7-16(24-15)25(22,23)20-10-8-19(9-11-20)17(21)13-4-3-5-14(18)12-13/h3-7,12H,2,8-11H2,1H3. The molecule has 0 spiro atoms. The third kappa shape index (κ3) is 3.75. The summed E-state index contributed by atoms with van der Waals surface area (Å²) in [4.78, 5) is 15.0. The Labute approximate surface area is 150 Å². The molecular formula is C17H19FN2O3S2. The molecule has 0 radical (unpaired) electrons. The number of rotatable bonds is 4. The van der Waals surface area contributed by atoms with Crippen molar-refractivity contribution in [1.82, 2.24) is 9.21 Å². The fourth-order valence-corrected chi connectivity index (χ4v) is 5.62. The molecule has 0 unspecified atom stereocenters. The van der Waals surface area contributed by atoms with Crippen molar-refractivity contribution in [3.05, 3.63) is 52.7 Å². The van der Waals surface area contributed by atoms with E-state index in [4.69, 9.17) is 0 Å². The van der Waals surface area contributed by atoms with E-state index >= 15 is 0 Å². The van der Waals surface area contributed by atoms with Crippen LogP contribution in [0, 0.1) is 5.82 Å². The van der Waals surface area contributed by atoms with Crippen molar-refractivity contribution in [2.75, 3.05) is 26.2 Å². The molecule has 8 heteroatoms. The lowest BCUT2D eigenvalue weighted by Gasteiger charge is -2.33. The summed E-state index contributed by atoms with van der Waals surface area (Å²) in [5.74, 6) is -0.738. The van der Waals surface area contributed by atoms with Gasteiger partial charge in [0.05, 0.1) is 0 Å². The van der Waals surface area contributed by atoms with Gasteiger partial charge in [0, 0.05) is 36.6 Å². The Bertz CT molecular complexity index is 872. The molecule has 1 aromatic carbocycles. The van der Waals surface area contributed by atoms with Crippen LogP contribution < -0.4 is 0 Å². The largest absolute Gasteiger partial charge is 0.336 e. The van der Waals surface area contributed by atoms with Crippen molar-refractivity contribution < 1.29 is 17.6 Å². The Morgan fingerprint density at radius 3 is 2.48 bits per heavy atom. The molecule has 0 saturated carbocycles. The lowest BCUT2D eigenvalue weighted by Crippen LogP contribution is -2.50. The van der Waals surface area contributed by atoms with Gasteiger partial charge < -0.3 is 4.90 Å². The summed E-state index contributed by atoms with van der Waals surface area (Å²) in [5, 5.41) is 0. The number of carbonyl (C=O) groups excluding carboxylic acids is 1. The van der Waals surface area contributed by atoms with Crippen LogP contribution in [0.1, 0.15) is 22.2 Å². The number of hydrogen-bond donors (Lipinski definition) is 0. The SMILES string of the molecule is CCc1ccc(S(=O)(=O)N2CCN(C(=O)c3cccc(F)c3)CC2)s1. The number of piperazine rings is 1. The van der Waals surface area contributed by atoms with E-state index in [0.29, 0.717) is 17.3 Å². The van der Waals surface area contributed by atoms with Crippen molar-refractivity contribution in [3.8, 4) is 0 Å². The maximum atomic E-state index is 13.3. The second kappa shape index (κ2) is 7.23. The zero-order valence-electron chi connectivity index (χ0n) is 13.8. The first-order valence-corrected chi connectivity index (χ1v) is 10.3. The molecule has 0 aliphatic carbocycles. The number of halogens is 1. The molecule has 0 bridgehead atoms. The van der Waals surface area contributed by atoms with Gasteiger partial charge in [-0.25, -0.2) is 12.8 Å². The minimum Gasteiger partial charge on any atom is -0.336 e. The van der Waals surface area contributed by atoms with E-state index in [9.17, 15) is 17.6 Å². The van der Waals surface area contributed by atoms with Crippen LogP contribution in [0.25, 0.3) is 0 Å². The first-order valence-electron chi connectivity index (χ1n) is 8.05. The Hall–Kier alpha value is -1.77. The Morgan fingerprint density at radius 2 is 1.88 bits per heavy atom. The van der Waals surface area contributed by atoms with Crippen LogP contribution in [0.3, 0.4) is 0 Å². The second-order valence-corrected chi connectivity index (χ2v) is 9.11. The van der Waals surface area contributed by atoms with Gasteiger partial charge >= 0.3 is 0 Å². The lowest BCUT2D eigenvalue weighted by molar-refractivity contribution is 0.0697. The van der Waals surface area contributed by atoms with Crippen LogP contribution in [-0.4, -0.2) is 49.7 Å². The van der Waals surface area contributed by atoms with Gasteiger partial charge in [0.15, 0.2) is 0 Å². The van der Waals surface area contributed by atoms with Crippen LogP contribution in [0.15, 0.2) is 40.6 Å². The summed E-state index contributed by atoms with van der Waals surface area (Å²) in [6, 6.07) is 9.01. The van der Waals surface area contributed by atoms with E-state index in [1.54, 1.807) is 17.0 Å². The zero-order valence-corrected chi connectivity index (χ0v) is 15.4. The van der Waals surface area contributed by atoms with E-state index in [1.165, 1.54) is 33.8 Å². The molecule has 2 heterocycles. The smallest absolute Gasteiger partial charge is 0.254 e. The minimum atomic E-state index is -3.52. The van der Waals surface area contributed by atoms with Gasteiger partial charge in [-0.1, -0.05) is 13.0 Å². The molecule has 5 nitrogen and oxygen atoms in total. The maximum absolute atomic E-state index is 13.3. The van der Waals surface area contributed by atoms with Crippen LogP contribution in [-0.2, 0) is 16.4 Å². The van der Waals surface area contributed by atoms with E-state index in [-0.39, 0.29) is 24.6 Å². The molecule has 1 aliphatic heterocycles. The molecule has 134 valence electrons. The van der Waals surface area contributed by atoms with Crippen molar-refractivity contribution in [2.45, 2.75) is 17.6 Å². The third-order valence-electron chi connectivity index (χ3n) is 4.18. The third-order valence-corrected chi connectivity index (χ3v) is 7.77. The number of hydrogen-bond acceptors (Lipinski definition) is 4. The first kappa shape index (κ1) is 18.0. The molecular weight excluding hydrogens is 363 g/mol. The summed E-state index contributed by atoms with van der Waals surface area (Å²) in [6.45, 7) is 3.05. The van der Waals surface area contributed by atoms with Crippen LogP contribution >= 0.6 is 11.3 Å². The Morgan fingerprint density at radius 1 is 1.16 bits per heavy atom. The maximum Gasteiger partial charge on any atom is 0.254 e. The zero-order chi connectivity index (χ0) is 18.0. The molecule has 25 heavy (non-hydrogen) atoms. The predicted octanol–water partition coefficient (Wildman–Crippen LogP) is 2.60. The van der Waals surface area contributed by atoms with Crippen molar-refractivity contribution >= 4 is 27.3 Å². The highest BCUT2D eigenvalue weighted by Gasteiger charge is 2.31. The number of thiophene rings is 1. The average molecular weight is 382 g/mol. The number of benzene rings is 1. The topological polar surface area (TPSA) is 57.7 Å². The highest BCUT2D eigenvalue weighted by molar-refractivity contribution is 7.91. The van der Waals surface area contributed by atoms with Crippen LogP contribution in [0.4, 0.5) is 4.39 Å². The van der Waals surface area contributed by atoms with Crippen molar-refractivity contribution in [3.63, 3.8) is 0 Å². The van der Waals surface area contributed by atoms with Gasteiger partial charge in [-0.3, -0.25) is 4.79 Å². The molecule has 1 saturated heterocycles. The van der Waals surface area contributed by atoms with Gasteiger partial charge in [0.25, 0.3) is 15.9 Å². The predicted molar refractivity (Wildman–Crippen MR) is 94.8 cm³/mol. The van der Waals surface area contributed by atoms with Gasteiger partial charge in [-0.2, -0.15) is 4.31 Å². The average Bonchev–Trinajstić information content (AvgIpc) is 3.11. The molecule has 1 amide bonds. The first-order chi connectivity index (χ1) is 11.9. The number of amides is 1. The van der Waals surface area contributed by atoms with Gasteiger partial charge in [-0.05, 0) is 36.8 Å². The van der Waals surface area contributed by atoms with Gasteiger partial charge in [0.2, 0.25) is 0 Å². The number of aryl methyl sites for hydroxylation is 1. The Balaban J connectivity index is 1.68. The second-order valence-electron chi connectivity index (χ2n) is 5.78. The normalized spacial score (nSPS) is 16.2. The van der Waals surface area contributed by atoms with Gasteiger partial charge in [0.1, 0.15) is 10.0 Å². The molecule has 1 fully saturated rings. The summed E-state index contributed by atoms with van der Waals surface area (Å²) in [6.07, 6.45) is 0.802. The van der Waals surface area contributed by atoms with E-state index in [1.807, 2.05) is 13.0 Å². The Kier molecular flexibility index (Phi) is 5.21. The summed E-state index contributed by atoms with van der Waals surface area (Å²) >= 11 is 1.29. The van der Waals surface area contributed by atoms with Crippen molar-refractivity contribution in [2.24, 2.45) is 0 Å². The summed E-state index contributed by atoms with van der Waals surface area (Å²) < 4.78 is 40.4. The number of sulfonamides is 1. The molecule has 0 N–H and O–H groups in total.